The molecule has 0 saturated heterocycles. The number of hydrogen-bond acceptors (Lipinski definition) is 10. The average Bonchev–Trinajstić information content (AvgIpc) is 3.36. The highest BCUT2D eigenvalue weighted by atomic mass is 19.1. The van der Waals surface area contributed by atoms with Gasteiger partial charge in [0.2, 0.25) is 5.88 Å². The molecule has 3 N–H and O–H groups in total. The van der Waals surface area contributed by atoms with E-state index in [1.165, 1.54) is 29.4 Å². The number of halogens is 1. The molecule has 3 amide bonds. The van der Waals surface area contributed by atoms with Crippen LogP contribution in [-0.2, 0) is 14.2 Å². The second-order valence-corrected chi connectivity index (χ2v) is 13.6. The van der Waals surface area contributed by atoms with Gasteiger partial charge in [0.05, 0.1) is 18.3 Å². The highest BCUT2D eigenvalue weighted by molar-refractivity contribution is 6.05. The fourth-order valence-corrected chi connectivity index (χ4v) is 5.48. The summed E-state index contributed by atoms with van der Waals surface area (Å²) >= 11 is 0. The van der Waals surface area contributed by atoms with Crippen LogP contribution in [0, 0.1) is 12.7 Å². The first-order valence-corrected chi connectivity index (χ1v) is 15.4. The lowest BCUT2D eigenvalue weighted by Gasteiger charge is -2.32. The van der Waals surface area contributed by atoms with E-state index in [9.17, 15) is 19.5 Å². The minimum absolute atomic E-state index is 0.0470. The quantitative estimate of drug-likeness (QED) is 0.259. The maximum atomic E-state index is 16.6. The summed E-state index contributed by atoms with van der Waals surface area (Å²) in [5, 5.41) is 15.5. The fourth-order valence-electron chi connectivity index (χ4n) is 5.48. The first-order chi connectivity index (χ1) is 22.0. The van der Waals surface area contributed by atoms with Crippen LogP contribution in [0.3, 0.4) is 0 Å². The summed E-state index contributed by atoms with van der Waals surface area (Å²) in [4.78, 5) is 48.7. The number of amides is 3. The van der Waals surface area contributed by atoms with Gasteiger partial charge in [0, 0.05) is 35.3 Å². The molecule has 2 aliphatic rings. The molecule has 2 aromatic heterocycles. The van der Waals surface area contributed by atoms with Gasteiger partial charge in [0.15, 0.2) is 5.82 Å². The Morgan fingerprint density at radius 2 is 1.70 bits per heavy atom. The number of aromatic nitrogens is 2. The summed E-state index contributed by atoms with van der Waals surface area (Å²) in [6, 6.07) is 3.05. The van der Waals surface area contributed by atoms with Crippen LogP contribution in [0.25, 0.3) is 21.9 Å². The molecule has 2 atom stereocenters. The lowest BCUT2D eigenvalue weighted by molar-refractivity contribution is 0.0564. The Morgan fingerprint density at radius 1 is 0.979 bits per heavy atom. The topological polar surface area (TPSA) is 161 Å². The van der Waals surface area contributed by atoms with Gasteiger partial charge in [0.1, 0.15) is 35.4 Å². The number of carbonyl (C=O) groups is 3. The van der Waals surface area contributed by atoms with Gasteiger partial charge in [-0.15, -0.1) is 0 Å². The summed E-state index contributed by atoms with van der Waals surface area (Å²) in [5.74, 6) is -0.484. The number of benzene rings is 1. The number of ether oxygens (including phenoxy) is 4. The number of nitrogens with one attached hydrogen (secondary N) is 2. The van der Waals surface area contributed by atoms with Crippen molar-refractivity contribution in [3.63, 3.8) is 0 Å². The minimum atomic E-state index is -0.885. The van der Waals surface area contributed by atoms with Crippen LogP contribution in [-0.4, -0.2) is 69.9 Å². The lowest BCUT2D eigenvalue weighted by Crippen LogP contribution is -2.42. The highest BCUT2D eigenvalue weighted by Gasteiger charge is 2.33. The molecule has 0 bridgehead atoms. The molecule has 14 heteroatoms. The SMILES string of the molecule is Cc1c(-c2cc3cc(NC(=O)OC4CCC(O)C4)ncc3c(NC(=O)OC(C)(C)C)c2F)cnc2c1N(C(=O)OC(C)(C)C)CCO2. The molecule has 2 unspecified atom stereocenters. The number of aliphatic hydroxyl groups excluding tert-OH is 1. The first kappa shape index (κ1) is 33.6. The number of nitrogens with zero attached hydrogens (tertiary/aromatic N) is 3. The number of fused-ring (bicyclic) bond motifs is 2. The van der Waals surface area contributed by atoms with E-state index < -0.39 is 47.5 Å². The third kappa shape index (κ3) is 7.81. The Balaban J connectivity index is 1.58. The maximum Gasteiger partial charge on any atom is 0.415 e. The predicted octanol–water partition coefficient (Wildman–Crippen LogP) is 6.69. The molecule has 3 heterocycles. The number of carbonyl (C=O) groups excluding carboxylic acids is 3. The van der Waals surface area contributed by atoms with E-state index in [0.29, 0.717) is 41.5 Å². The van der Waals surface area contributed by atoms with Crippen molar-refractivity contribution in [1.82, 2.24) is 9.97 Å². The van der Waals surface area contributed by atoms with Crippen molar-refractivity contribution in [2.24, 2.45) is 0 Å². The van der Waals surface area contributed by atoms with Crippen LogP contribution >= 0.6 is 0 Å². The molecule has 1 aliphatic heterocycles. The maximum absolute atomic E-state index is 16.6. The van der Waals surface area contributed by atoms with Crippen LogP contribution < -0.4 is 20.3 Å². The second-order valence-electron chi connectivity index (χ2n) is 13.6. The molecule has 13 nitrogen and oxygen atoms in total. The van der Waals surface area contributed by atoms with Gasteiger partial charge in [-0.2, -0.15) is 0 Å². The summed E-state index contributed by atoms with van der Waals surface area (Å²) in [6.07, 6.45) is 1.04. The number of anilines is 3. The highest BCUT2D eigenvalue weighted by Crippen LogP contribution is 2.42. The molecule has 1 aromatic carbocycles. The number of pyridine rings is 2. The van der Waals surface area contributed by atoms with E-state index in [-0.39, 0.29) is 41.5 Å². The molecule has 1 saturated carbocycles. The summed E-state index contributed by atoms with van der Waals surface area (Å²) in [5.41, 5.74) is -0.635. The third-order valence-corrected chi connectivity index (χ3v) is 7.45. The Labute approximate surface area is 271 Å². The van der Waals surface area contributed by atoms with Crippen molar-refractivity contribution in [3.05, 3.63) is 35.9 Å². The number of aliphatic hydroxyl groups is 1. The van der Waals surface area contributed by atoms with E-state index in [2.05, 4.69) is 20.6 Å². The van der Waals surface area contributed by atoms with E-state index in [1.807, 2.05) is 0 Å². The lowest BCUT2D eigenvalue weighted by atomic mass is 9.96. The Morgan fingerprint density at radius 3 is 2.36 bits per heavy atom. The molecular weight excluding hydrogens is 613 g/mol. The van der Waals surface area contributed by atoms with Crippen molar-refractivity contribution in [3.8, 4) is 17.0 Å². The minimum Gasteiger partial charge on any atom is -0.474 e. The average molecular weight is 654 g/mol. The van der Waals surface area contributed by atoms with Gasteiger partial charge in [-0.05, 0) is 84.4 Å². The zero-order chi connectivity index (χ0) is 34.3. The fraction of sp³-hybridized carbons (Fsp3) is 0.485. The molecule has 47 heavy (non-hydrogen) atoms. The molecule has 5 rings (SSSR count). The molecule has 0 spiro atoms. The smallest absolute Gasteiger partial charge is 0.415 e. The molecule has 3 aromatic rings. The Bertz CT molecular complexity index is 1720. The third-order valence-electron chi connectivity index (χ3n) is 7.45. The largest absolute Gasteiger partial charge is 0.474 e. The van der Waals surface area contributed by atoms with Gasteiger partial charge in [-0.1, -0.05) is 0 Å². The van der Waals surface area contributed by atoms with Crippen molar-refractivity contribution in [2.75, 3.05) is 28.7 Å². The molecule has 1 aliphatic carbocycles. The standard InChI is InChI=1S/C33H40FN5O8/c1-17-22(15-36-28-27(17)39(10-11-44-28)31(43)47-33(5,6)7)21-12-18-13-24(37-29(41)45-20-9-8-19(40)14-20)35-16-23(18)26(25(21)34)38-30(42)46-32(2,3)4/h12-13,15-16,19-20,40H,8-11,14H2,1-7H3,(H,38,42)(H,35,37,41). The van der Waals surface area contributed by atoms with Crippen molar-refractivity contribution >= 4 is 46.2 Å². The Hall–Kier alpha value is -4.72. The Kier molecular flexibility index (Phi) is 9.18. The summed E-state index contributed by atoms with van der Waals surface area (Å²) < 4.78 is 38.7. The molecule has 1 fully saturated rings. The van der Waals surface area contributed by atoms with E-state index in [0.717, 1.165) is 0 Å². The first-order valence-electron chi connectivity index (χ1n) is 15.4. The van der Waals surface area contributed by atoms with Crippen LogP contribution in [0.2, 0.25) is 0 Å². The monoisotopic (exact) mass is 653 g/mol. The second kappa shape index (κ2) is 12.8. The predicted molar refractivity (Wildman–Crippen MR) is 172 cm³/mol. The number of rotatable bonds is 4. The molecular formula is C33H40FN5O8. The van der Waals surface area contributed by atoms with Crippen LogP contribution in [0.1, 0.15) is 66.4 Å². The summed E-state index contributed by atoms with van der Waals surface area (Å²) in [7, 11) is 0. The van der Waals surface area contributed by atoms with Crippen molar-refractivity contribution in [2.45, 2.75) is 91.1 Å². The number of hydrogen-bond donors (Lipinski definition) is 3. The van der Waals surface area contributed by atoms with Gasteiger partial charge < -0.3 is 24.1 Å². The van der Waals surface area contributed by atoms with E-state index in [1.54, 1.807) is 48.5 Å². The van der Waals surface area contributed by atoms with E-state index in [4.69, 9.17) is 18.9 Å². The zero-order valence-corrected chi connectivity index (χ0v) is 27.5. The summed E-state index contributed by atoms with van der Waals surface area (Å²) in [6.45, 7) is 12.4. The van der Waals surface area contributed by atoms with Gasteiger partial charge in [0.25, 0.3) is 0 Å². The van der Waals surface area contributed by atoms with Crippen LogP contribution in [0.5, 0.6) is 5.88 Å². The van der Waals surface area contributed by atoms with Crippen molar-refractivity contribution in [1.29, 1.82) is 0 Å². The van der Waals surface area contributed by atoms with Crippen LogP contribution in [0.15, 0.2) is 24.5 Å². The normalized spacial score (nSPS) is 17.9. The van der Waals surface area contributed by atoms with Gasteiger partial charge in [-0.3, -0.25) is 15.5 Å². The van der Waals surface area contributed by atoms with Crippen molar-refractivity contribution < 1.29 is 42.8 Å². The van der Waals surface area contributed by atoms with Crippen LogP contribution in [0.4, 0.5) is 36.0 Å². The van der Waals surface area contributed by atoms with Gasteiger partial charge in [-0.25, -0.2) is 28.7 Å². The zero-order valence-electron chi connectivity index (χ0n) is 27.5. The molecule has 0 radical (unpaired) electrons. The van der Waals surface area contributed by atoms with Gasteiger partial charge >= 0.3 is 18.3 Å². The van der Waals surface area contributed by atoms with E-state index >= 15 is 4.39 Å². The molecule has 252 valence electrons.